The maximum atomic E-state index is 9.58. The molecule has 4 heterocycles. The molecule has 6 nitrogen and oxygen atoms in total. The molecule has 6 heteroatoms. The van der Waals surface area contributed by atoms with E-state index in [1.54, 1.807) is 12.1 Å². The zero-order chi connectivity index (χ0) is 38.7. The molecular formula is C45H25N3O3. The van der Waals surface area contributed by atoms with Crippen molar-refractivity contribution < 1.29 is 21.5 Å². The van der Waals surface area contributed by atoms with Crippen molar-refractivity contribution >= 4 is 65.8 Å². The lowest BCUT2D eigenvalue weighted by Gasteiger charge is -2.08. The average molecular weight is 662 g/mol. The number of benzene rings is 7. The lowest BCUT2D eigenvalue weighted by atomic mass is 9.97. The van der Waals surface area contributed by atoms with E-state index in [9.17, 15) is 4.11 Å². The van der Waals surface area contributed by atoms with Gasteiger partial charge in [-0.3, -0.25) is 0 Å². The first-order chi connectivity index (χ1) is 27.8. The molecule has 0 atom stereocenters. The van der Waals surface area contributed by atoms with Crippen molar-refractivity contribution in [2.24, 2.45) is 0 Å². The van der Waals surface area contributed by atoms with Gasteiger partial charge in [0.1, 0.15) is 33.5 Å². The number of hydrogen-bond acceptors (Lipinski definition) is 6. The highest BCUT2D eigenvalue weighted by Crippen LogP contribution is 2.42. The summed E-state index contributed by atoms with van der Waals surface area (Å²) in [4.78, 5) is 14.5. The molecule has 0 bridgehead atoms. The zero-order valence-corrected chi connectivity index (χ0v) is 26.5. The average Bonchev–Trinajstić information content (AvgIpc) is 3.95. The fourth-order valence-electron chi connectivity index (χ4n) is 6.95. The van der Waals surface area contributed by atoms with Crippen LogP contribution in [0.2, 0.25) is 0 Å². The van der Waals surface area contributed by atoms with Crippen LogP contribution in [0.1, 0.15) is 8.22 Å². The first-order valence-corrected chi connectivity index (χ1v) is 16.4. The van der Waals surface area contributed by atoms with Gasteiger partial charge in [0.2, 0.25) is 0 Å². The Morgan fingerprint density at radius 2 is 1.04 bits per heavy atom. The second-order valence-corrected chi connectivity index (χ2v) is 12.2. The fraction of sp³-hybridized carbons (Fsp3) is 0. The van der Waals surface area contributed by atoms with Gasteiger partial charge < -0.3 is 13.3 Å². The first-order valence-electron chi connectivity index (χ1n) is 19.4. The Morgan fingerprint density at radius 3 is 1.92 bits per heavy atom. The van der Waals surface area contributed by atoms with E-state index in [2.05, 4.69) is 0 Å². The van der Waals surface area contributed by atoms with Crippen LogP contribution in [0.3, 0.4) is 0 Å². The van der Waals surface area contributed by atoms with E-state index in [0.29, 0.717) is 44.4 Å². The number of aromatic nitrogens is 3. The van der Waals surface area contributed by atoms with Crippen LogP contribution in [0.15, 0.2) is 165 Å². The minimum absolute atomic E-state index is 0.0253. The van der Waals surface area contributed by atoms with E-state index in [1.165, 1.54) is 0 Å². The zero-order valence-electron chi connectivity index (χ0n) is 32.5. The number of para-hydroxylation sites is 4. The van der Waals surface area contributed by atoms with Crippen LogP contribution in [0.25, 0.3) is 111 Å². The third-order valence-corrected chi connectivity index (χ3v) is 9.27. The predicted octanol–water partition coefficient (Wildman–Crippen LogP) is 12.2. The van der Waals surface area contributed by atoms with Crippen molar-refractivity contribution in [3.05, 3.63) is 152 Å². The molecule has 4 aromatic heterocycles. The summed E-state index contributed by atoms with van der Waals surface area (Å²) >= 11 is 0. The quantitative estimate of drug-likeness (QED) is 0.187. The van der Waals surface area contributed by atoms with Crippen molar-refractivity contribution in [3.8, 4) is 45.3 Å². The van der Waals surface area contributed by atoms with Gasteiger partial charge in [-0.2, -0.15) is 0 Å². The minimum Gasteiger partial charge on any atom is -0.456 e. The lowest BCUT2D eigenvalue weighted by Crippen LogP contribution is -2.00. The molecule has 0 saturated carbocycles. The largest absolute Gasteiger partial charge is 0.456 e. The second-order valence-electron chi connectivity index (χ2n) is 12.2. The van der Waals surface area contributed by atoms with Crippen LogP contribution in [0.4, 0.5) is 0 Å². The van der Waals surface area contributed by atoms with Crippen molar-refractivity contribution in [2.45, 2.75) is 0 Å². The molecule has 0 unspecified atom stereocenters. The van der Waals surface area contributed by atoms with Crippen LogP contribution in [-0.4, -0.2) is 15.0 Å². The van der Waals surface area contributed by atoms with E-state index in [-0.39, 0.29) is 86.8 Å². The van der Waals surface area contributed by atoms with E-state index in [1.807, 2.05) is 103 Å². The van der Waals surface area contributed by atoms with Crippen LogP contribution in [0.5, 0.6) is 0 Å². The Balaban J connectivity index is 1.21. The van der Waals surface area contributed by atoms with Crippen LogP contribution < -0.4 is 0 Å². The van der Waals surface area contributed by atoms with Crippen LogP contribution in [0, 0.1) is 0 Å². The molecule has 11 aromatic rings. The van der Waals surface area contributed by atoms with Gasteiger partial charge in [-0.25, -0.2) is 15.0 Å². The van der Waals surface area contributed by atoms with Crippen molar-refractivity contribution in [1.29, 1.82) is 0 Å². The monoisotopic (exact) mass is 661 g/mol. The summed E-state index contributed by atoms with van der Waals surface area (Å²) in [7, 11) is 0. The van der Waals surface area contributed by atoms with E-state index in [4.69, 9.17) is 32.3 Å². The summed E-state index contributed by atoms with van der Waals surface area (Å²) in [5, 5.41) is 3.39. The molecule has 0 N–H and O–H groups in total. The SMILES string of the molecule is [2H]c1c([2H])c([2H])c2c(oc3c([2H])c(-c4nc(-c5ccccc5)nc(-c5cccc6c5oc5ccccc56)n4)c([2H])c([2H])c32)c1-c1cccc2oc3ccccc3c12. The molecule has 11 rings (SSSR count). The summed E-state index contributed by atoms with van der Waals surface area (Å²) in [5.41, 5.74) is 4.38. The number of fused-ring (bicyclic) bond motifs is 9. The van der Waals surface area contributed by atoms with Gasteiger partial charge in [0.25, 0.3) is 0 Å². The fourth-order valence-corrected chi connectivity index (χ4v) is 6.95. The molecule has 0 radical (unpaired) electrons. The normalized spacial score (nSPS) is 13.6. The molecule has 0 aliphatic carbocycles. The molecule has 0 fully saturated rings. The Hall–Kier alpha value is -7.05. The third-order valence-electron chi connectivity index (χ3n) is 9.27. The maximum absolute atomic E-state index is 9.58. The molecule has 51 heavy (non-hydrogen) atoms. The number of nitrogens with zero attached hydrogens (tertiary/aromatic N) is 3. The van der Waals surface area contributed by atoms with E-state index < -0.39 is 0 Å². The molecule has 238 valence electrons. The summed E-state index contributed by atoms with van der Waals surface area (Å²) in [6.07, 6.45) is 0. The van der Waals surface area contributed by atoms with Gasteiger partial charge in [-0.1, -0.05) is 115 Å². The molecular weight excluding hydrogens is 631 g/mol. The lowest BCUT2D eigenvalue weighted by molar-refractivity contribution is 0.668. The maximum Gasteiger partial charge on any atom is 0.167 e. The van der Waals surface area contributed by atoms with Crippen molar-refractivity contribution in [1.82, 2.24) is 15.0 Å². The van der Waals surface area contributed by atoms with Crippen LogP contribution in [-0.2, 0) is 0 Å². The minimum atomic E-state index is -0.374. The highest BCUT2D eigenvalue weighted by Gasteiger charge is 2.20. The molecule has 0 aliphatic rings. The Morgan fingerprint density at radius 1 is 0.392 bits per heavy atom. The molecule has 0 amide bonds. The van der Waals surface area contributed by atoms with Crippen LogP contribution >= 0.6 is 0 Å². The molecule has 0 aliphatic heterocycles. The van der Waals surface area contributed by atoms with Crippen molar-refractivity contribution in [2.75, 3.05) is 0 Å². The Kier molecular flexibility index (Phi) is 4.74. The molecule has 0 saturated heterocycles. The van der Waals surface area contributed by atoms with Gasteiger partial charge in [0.05, 0.1) is 13.8 Å². The standard InChI is InChI=1S/C45H25N3O3/c1-2-11-26(12-3-1)43-46-44(48-45(47-43)35-19-9-17-31-28-13-4-6-20-36(28)50-42(31)35)27-23-24-29-32-16-8-18-33(41(32)51-39(29)25-27)30-15-10-22-38-40(30)34-14-5-7-21-37(34)49-38/h1-25H/i8D,16D,18D,23D,24D,25D. The Labute approximate surface area is 298 Å². The second kappa shape index (κ2) is 10.7. The summed E-state index contributed by atoms with van der Waals surface area (Å²) in [5.74, 6) is 0.501. The van der Waals surface area contributed by atoms with E-state index >= 15 is 0 Å². The van der Waals surface area contributed by atoms with Gasteiger partial charge >= 0.3 is 0 Å². The third kappa shape index (κ3) is 4.26. The topological polar surface area (TPSA) is 78.1 Å². The van der Waals surface area contributed by atoms with Crippen molar-refractivity contribution in [3.63, 3.8) is 0 Å². The van der Waals surface area contributed by atoms with Gasteiger partial charge in [0, 0.05) is 49.0 Å². The van der Waals surface area contributed by atoms with E-state index in [0.717, 1.165) is 16.2 Å². The Bertz CT molecular complexity index is 3500. The summed E-state index contributed by atoms with van der Waals surface area (Å²) in [6.45, 7) is 0. The summed E-state index contributed by atoms with van der Waals surface area (Å²) < 4.78 is 74.3. The molecule has 0 spiro atoms. The summed E-state index contributed by atoms with van der Waals surface area (Å²) in [6, 6.07) is 33.7. The first kappa shape index (κ1) is 22.6. The van der Waals surface area contributed by atoms with Gasteiger partial charge in [-0.15, -0.1) is 0 Å². The van der Waals surface area contributed by atoms with Gasteiger partial charge in [0.15, 0.2) is 17.5 Å². The highest BCUT2D eigenvalue weighted by molar-refractivity contribution is 6.17. The van der Waals surface area contributed by atoms with Gasteiger partial charge in [-0.05, 0) is 41.9 Å². The highest BCUT2D eigenvalue weighted by atomic mass is 16.3. The number of hydrogen-bond donors (Lipinski definition) is 0. The predicted molar refractivity (Wildman–Crippen MR) is 203 cm³/mol. The smallest absolute Gasteiger partial charge is 0.167 e. The molecule has 7 aromatic carbocycles. The number of furan rings is 3. The number of rotatable bonds is 4.